The van der Waals surface area contributed by atoms with Crippen molar-refractivity contribution in [3.8, 4) is 28.1 Å². The van der Waals surface area contributed by atoms with Crippen LogP contribution in [0.2, 0.25) is 0 Å². The van der Waals surface area contributed by atoms with E-state index in [4.69, 9.17) is 4.74 Å². The minimum atomic E-state index is -0.271. The van der Waals surface area contributed by atoms with Crippen LogP contribution in [0.3, 0.4) is 0 Å². The molecule has 2 heterocycles. The third-order valence-electron chi connectivity index (χ3n) is 6.22. The second-order valence-corrected chi connectivity index (χ2v) is 8.74. The molecule has 0 radical (unpaired) electrons. The maximum Gasteiger partial charge on any atom is 0.225 e. The van der Waals surface area contributed by atoms with Gasteiger partial charge in [0.05, 0.1) is 18.9 Å². The number of nitrogens with one attached hydrogen (secondary N) is 1. The van der Waals surface area contributed by atoms with Crippen molar-refractivity contribution in [2.45, 2.75) is 25.9 Å². The maximum absolute atomic E-state index is 12.8. The van der Waals surface area contributed by atoms with Crippen molar-refractivity contribution in [2.75, 3.05) is 11.9 Å². The molecule has 6 heteroatoms. The van der Waals surface area contributed by atoms with Gasteiger partial charge in [0.1, 0.15) is 11.6 Å². The molecule has 0 unspecified atom stereocenters. The summed E-state index contributed by atoms with van der Waals surface area (Å²) in [7, 11) is 0. The van der Waals surface area contributed by atoms with Gasteiger partial charge >= 0.3 is 0 Å². The van der Waals surface area contributed by atoms with Crippen LogP contribution in [0.25, 0.3) is 22.4 Å². The summed E-state index contributed by atoms with van der Waals surface area (Å²) in [4.78, 5) is 30.1. The van der Waals surface area contributed by atoms with Gasteiger partial charge in [-0.1, -0.05) is 54.6 Å². The highest BCUT2D eigenvalue weighted by molar-refractivity contribution is 6.00. The molecule has 0 bridgehead atoms. The number of hydrogen-bond acceptors (Lipinski definition) is 5. The lowest BCUT2D eigenvalue weighted by atomic mass is 10.0. The number of Topliss-reactive ketones (excluding diaryl/α,β-unsaturated/α-hetero) is 1. The maximum atomic E-state index is 12.8. The molecule has 3 aromatic carbocycles. The van der Waals surface area contributed by atoms with E-state index in [1.54, 1.807) is 6.07 Å². The van der Waals surface area contributed by atoms with Crippen molar-refractivity contribution in [1.29, 1.82) is 0 Å². The zero-order chi connectivity index (χ0) is 24.9. The van der Waals surface area contributed by atoms with Crippen molar-refractivity contribution in [1.82, 2.24) is 4.98 Å². The third-order valence-corrected chi connectivity index (χ3v) is 6.22. The highest BCUT2D eigenvalue weighted by Gasteiger charge is 2.16. The van der Waals surface area contributed by atoms with Crippen molar-refractivity contribution in [2.24, 2.45) is 0 Å². The Hall–Kier alpha value is -4.29. The summed E-state index contributed by atoms with van der Waals surface area (Å²) in [5.74, 6) is 0.905. The number of nitrogens with zero attached hydrogens (tertiary/aromatic N) is 1. The second-order valence-electron chi connectivity index (χ2n) is 8.74. The number of hydrogen-bond donors (Lipinski definition) is 2. The van der Waals surface area contributed by atoms with Gasteiger partial charge in [0.15, 0.2) is 5.78 Å². The van der Waals surface area contributed by atoms with Gasteiger partial charge in [-0.2, -0.15) is 0 Å². The van der Waals surface area contributed by atoms with Crippen LogP contribution in [0.1, 0.15) is 34.3 Å². The van der Waals surface area contributed by atoms with Crippen molar-refractivity contribution in [3.63, 3.8) is 0 Å². The molecule has 0 spiro atoms. The molecule has 6 nitrogen and oxygen atoms in total. The van der Waals surface area contributed by atoms with Crippen LogP contribution >= 0.6 is 0 Å². The standard InChI is InChI=1S/C30H26N2O4/c33-19-20-6-8-21(9-7-20)25-17-26(22-4-2-1-3-5-22)31-29(18-25)32-30(35)13-11-27(34)23-10-12-28-24(16-23)14-15-36-28/h1-10,12,16-18,33H,11,13-15,19H2,(H,31,32,35). The number of amides is 1. The van der Waals surface area contributed by atoms with E-state index in [0.717, 1.165) is 45.7 Å². The summed E-state index contributed by atoms with van der Waals surface area (Å²) in [6, 6.07) is 26.6. The van der Waals surface area contributed by atoms with E-state index in [9.17, 15) is 14.7 Å². The molecule has 0 saturated carbocycles. The Kier molecular flexibility index (Phi) is 6.87. The molecular weight excluding hydrogens is 452 g/mol. The fraction of sp³-hybridized carbons (Fsp3) is 0.167. The molecule has 0 aliphatic carbocycles. The SMILES string of the molecule is O=C(CCC(=O)c1ccc2c(c1)CCO2)Nc1cc(-c2ccc(CO)cc2)cc(-c2ccccc2)n1. The summed E-state index contributed by atoms with van der Waals surface area (Å²) in [6.45, 7) is 0.614. The highest BCUT2D eigenvalue weighted by Crippen LogP contribution is 2.29. The molecule has 0 fully saturated rings. The van der Waals surface area contributed by atoms with E-state index in [0.29, 0.717) is 18.0 Å². The number of carbonyl (C=O) groups is 2. The minimum absolute atomic E-state index is 0.0227. The number of rotatable bonds is 8. The highest BCUT2D eigenvalue weighted by atomic mass is 16.5. The number of fused-ring (bicyclic) bond motifs is 1. The van der Waals surface area contributed by atoms with Gasteiger partial charge in [-0.3, -0.25) is 9.59 Å². The molecule has 1 aromatic heterocycles. The smallest absolute Gasteiger partial charge is 0.225 e. The van der Waals surface area contributed by atoms with Crippen LogP contribution in [0.4, 0.5) is 5.82 Å². The van der Waals surface area contributed by atoms with Gasteiger partial charge in [-0.05, 0) is 52.6 Å². The number of aliphatic hydroxyl groups excluding tert-OH is 1. The Labute approximate surface area is 209 Å². The lowest BCUT2D eigenvalue weighted by molar-refractivity contribution is -0.116. The normalized spacial score (nSPS) is 12.0. The lowest BCUT2D eigenvalue weighted by Gasteiger charge is -2.11. The number of ketones is 1. The van der Waals surface area contributed by atoms with Crippen LogP contribution in [0, 0.1) is 0 Å². The van der Waals surface area contributed by atoms with E-state index in [2.05, 4.69) is 10.3 Å². The van der Waals surface area contributed by atoms with Crippen LogP contribution in [-0.2, 0) is 17.8 Å². The number of aliphatic hydroxyl groups is 1. The van der Waals surface area contributed by atoms with Crippen LogP contribution in [0.5, 0.6) is 5.75 Å². The molecule has 1 aliphatic rings. The monoisotopic (exact) mass is 478 g/mol. The van der Waals surface area contributed by atoms with E-state index >= 15 is 0 Å². The van der Waals surface area contributed by atoms with E-state index < -0.39 is 0 Å². The van der Waals surface area contributed by atoms with Crippen LogP contribution in [-0.4, -0.2) is 28.4 Å². The molecule has 0 atom stereocenters. The lowest BCUT2D eigenvalue weighted by Crippen LogP contribution is -2.14. The predicted molar refractivity (Wildman–Crippen MR) is 139 cm³/mol. The molecule has 180 valence electrons. The first-order valence-electron chi connectivity index (χ1n) is 12.0. The zero-order valence-electron chi connectivity index (χ0n) is 19.7. The Morgan fingerprint density at radius 3 is 2.44 bits per heavy atom. The van der Waals surface area contributed by atoms with Gasteiger partial charge in [0.2, 0.25) is 5.91 Å². The number of carbonyl (C=O) groups excluding carboxylic acids is 2. The van der Waals surface area contributed by atoms with Gasteiger partial charge < -0.3 is 15.2 Å². The molecule has 4 aromatic rings. The van der Waals surface area contributed by atoms with E-state index in [1.165, 1.54) is 0 Å². The Morgan fingerprint density at radius 1 is 0.861 bits per heavy atom. The topological polar surface area (TPSA) is 88.5 Å². The van der Waals surface area contributed by atoms with Crippen molar-refractivity contribution in [3.05, 3.63) is 102 Å². The fourth-order valence-corrected chi connectivity index (χ4v) is 4.26. The van der Waals surface area contributed by atoms with Gasteiger partial charge in [-0.15, -0.1) is 0 Å². The predicted octanol–water partition coefficient (Wildman–Crippen LogP) is 5.44. The average molecular weight is 479 g/mol. The molecule has 0 saturated heterocycles. The van der Waals surface area contributed by atoms with Crippen molar-refractivity contribution >= 4 is 17.5 Å². The number of ether oxygens (including phenoxy) is 1. The van der Waals surface area contributed by atoms with Gasteiger partial charge in [0, 0.05) is 30.4 Å². The molecular formula is C30H26N2O4. The van der Waals surface area contributed by atoms with E-state index in [1.807, 2.05) is 78.9 Å². The zero-order valence-corrected chi connectivity index (χ0v) is 19.7. The van der Waals surface area contributed by atoms with Crippen LogP contribution in [0.15, 0.2) is 84.9 Å². The number of benzene rings is 3. The molecule has 5 rings (SSSR count). The Morgan fingerprint density at radius 2 is 1.67 bits per heavy atom. The van der Waals surface area contributed by atoms with Crippen LogP contribution < -0.4 is 10.1 Å². The fourth-order valence-electron chi connectivity index (χ4n) is 4.26. The Bertz CT molecular complexity index is 1400. The quantitative estimate of drug-likeness (QED) is 0.329. The minimum Gasteiger partial charge on any atom is -0.493 e. The number of anilines is 1. The molecule has 1 aliphatic heterocycles. The number of pyridine rings is 1. The summed E-state index contributed by atoms with van der Waals surface area (Å²) in [5, 5.41) is 12.2. The van der Waals surface area contributed by atoms with Gasteiger partial charge in [-0.25, -0.2) is 4.98 Å². The summed E-state index contributed by atoms with van der Waals surface area (Å²) in [6.07, 6.45) is 0.967. The van der Waals surface area contributed by atoms with Gasteiger partial charge in [0.25, 0.3) is 0 Å². The third kappa shape index (κ3) is 5.34. The Balaban J connectivity index is 1.33. The average Bonchev–Trinajstić information content (AvgIpc) is 3.40. The first kappa shape index (κ1) is 23.5. The second kappa shape index (κ2) is 10.5. The van der Waals surface area contributed by atoms with E-state index in [-0.39, 0.29) is 31.1 Å². The summed E-state index contributed by atoms with van der Waals surface area (Å²) < 4.78 is 5.50. The molecule has 1 amide bonds. The summed E-state index contributed by atoms with van der Waals surface area (Å²) >= 11 is 0. The summed E-state index contributed by atoms with van der Waals surface area (Å²) in [5.41, 5.74) is 5.95. The first-order valence-corrected chi connectivity index (χ1v) is 12.0. The van der Waals surface area contributed by atoms with Crippen molar-refractivity contribution < 1.29 is 19.4 Å². The molecule has 2 N–H and O–H groups in total. The first-order chi connectivity index (χ1) is 17.6. The largest absolute Gasteiger partial charge is 0.493 e. The number of aromatic nitrogens is 1. The molecule has 36 heavy (non-hydrogen) atoms.